The van der Waals surface area contributed by atoms with Gasteiger partial charge in [0.05, 0.1) is 18.5 Å². The molecule has 0 N–H and O–H groups in total. The molecule has 0 bridgehead atoms. The molecule has 30 heavy (non-hydrogen) atoms. The molecule has 0 aromatic heterocycles. The summed E-state index contributed by atoms with van der Waals surface area (Å²) in [6, 6.07) is 0. The van der Waals surface area contributed by atoms with Gasteiger partial charge in [0.15, 0.2) is 5.79 Å². The number of allylic oxidation sites excluding steroid dienone is 1. The second kappa shape index (κ2) is 7.59. The molecular formula is C25H37BrO4. The van der Waals surface area contributed by atoms with E-state index in [9.17, 15) is 4.79 Å². The van der Waals surface area contributed by atoms with Crippen molar-refractivity contribution in [1.29, 1.82) is 0 Å². The van der Waals surface area contributed by atoms with E-state index in [1.54, 1.807) is 5.57 Å². The van der Waals surface area contributed by atoms with Crippen molar-refractivity contribution in [3.63, 3.8) is 0 Å². The minimum Gasteiger partial charge on any atom is -0.462 e. The van der Waals surface area contributed by atoms with Gasteiger partial charge in [-0.15, -0.1) is 0 Å². The third kappa shape index (κ3) is 3.08. The maximum Gasteiger partial charge on any atom is 0.302 e. The molecule has 4 nitrogen and oxygen atoms in total. The Morgan fingerprint density at radius 3 is 2.60 bits per heavy atom. The Bertz CT molecular complexity index is 729. The SMILES string of the molecule is CC(=O)O[C@H]1CC[C@@]2(C)C(=CC[C@H]3[C@@H]4CC[C@H](C5(CBr)OCCO5)[C@@]4(C)CC[C@@H]32)C1. The Morgan fingerprint density at radius 1 is 1.13 bits per heavy atom. The molecule has 4 fully saturated rings. The van der Waals surface area contributed by atoms with E-state index in [-0.39, 0.29) is 17.5 Å². The molecule has 1 heterocycles. The average molecular weight is 481 g/mol. The number of ether oxygens (including phenoxy) is 3. The number of hydrogen-bond donors (Lipinski definition) is 0. The molecule has 3 saturated carbocycles. The minimum atomic E-state index is -0.419. The van der Waals surface area contributed by atoms with Gasteiger partial charge in [-0.3, -0.25) is 4.79 Å². The number of halogens is 1. The fourth-order valence-electron chi connectivity index (χ4n) is 8.53. The summed E-state index contributed by atoms with van der Waals surface area (Å²) in [5.74, 6) is 2.21. The quantitative estimate of drug-likeness (QED) is 0.298. The van der Waals surface area contributed by atoms with Gasteiger partial charge in [-0.2, -0.15) is 0 Å². The number of carbonyl (C=O) groups excluding carboxylic acids is 1. The van der Waals surface area contributed by atoms with Crippen LogP contribution in [0.2, 0.25) is 0 Å². The Balaban J connectivity index is 1.39. The number of alkyl halides is 1. The lowest BCUT2D eigenvalue weighted by atomic mass is 9.47. The first-order valence-corrected chi connectivity index (χ1v) is 13.2. The predicted octanol–water partition coefficient (Wildman–Crippen LogP) is 5.64. The fraction of sp³-hybridized carbons (Fsp3) is 0.880. The molecule has 0 spiro atoms. The molecule has 0 unspecified atom stereocenters. The standard InChI is InChI=1S/C25H37BrO4/c1-16(27)30-18-8-10-23(2)17(14-18)4-5-19-20-6-7-22(24(20,3)11-9-21(19)23)25(15-26)28-12-13-29-25/h4,18-22H,5-15H2,1-3H3/t18-,19-,20-,21-,22-,23-,24-/m0/s1. The van der Waals surface area contributed by atoms with Crippen LogP contribution in [0.5, 0.6) is 0 Å². The van der Waals surface area contributed by atoms with Gasteiger partial charge in [0.2, 0.25) is 0 Å². The van der Waals surface area contributed by atoms with Crippen molar-refractivity contribution in [2.75, 3.05) is 18.5 Å². The van der Waals surface area contributed by atoms with Crippen molar-refractivity contribution in [2.45, 2.75) is 84.0 Å². The van der Waals surface area contributed by atoms with Crippen LogP contribution in [0.15, 0.2) is 11.6 Å². The lowest BCUT2D eigenvalue weighted by Gasteiger charge is -2.59. The van der Waals surface area contributed by atoms with Crippen LogP contribution < -0.4 is 0 Å². The van der Waals surface area contributed by atoms with E-state index >= 15 is 0 Å². The van der Waals surface area contributed by atoms with Crippen molar-refractivity contribution >= 4 is 21.9 Å². The van der Waals surface area contributed by atoms with Crippen molar-refractivity contribution in [3.8, 4) is 0 Å². The van der Waals surface area contributed by atoms with Crippen LogP contribution in [0.1, 0.15) is 72.1 Å². The Labute approximate surface area is 189 Å². The van der Waals surface area contributed by atoms with Crippen LogP contribution in [-0.2, 0) is 19.0 Å². The van der Waals surface area contributed by atoms with Gasteiger partial charge in [-0.05, 0) is 73.5 Å². The highest BCUT2D eigenvalue weighted by Gasteiger charge is 2.63. The van der Waals surface area contributed by atoms with E-state index in [2.05, 4.69) is 35.9 Å². The summed E-state index contributed by atoms with van der Waals surface area (Å²) in [6.45, 7) is 8.04. The van der Waals surface area contributed by atoms with E-state index in [0.29, 0.717) is 11.3 Å². The van der Waals surface area contributed by atoms with Crippen molar-refractivity contribution in [1.82, 2.24) is 0 Å². The van der Waals surface area contributed by atoms with Crippen LogP contribution >= 0.6 is 15.9 Å². The predicted molar refractivity (Wildman–Crippen MR) is 119 cm³/mol. The van der Waals surface area contributed by atoms with Gasteiger partial charge in [0.1, 0.15) is 6.10 Å². The van der Waals surface area contributed by atoms with Crippen molar-refractivity contribution in [3.05, 3.63) is 11.6 Å². The number of fused-ring (bicyclic) bond motifs is 5. The maximum atomic E-state index is 11.5. The minimum absolute atomic E-state index is 0.0820. The molecule has 1 aliphatic heterocycles. The van der Waals surface area contributed by atoms with Crippen molar-refractivity contribution in [2.24, 2.45) is 34.5 Å². The average Bonchev–Trinajstić information content (AvgIpc) is 3.32. The molecule has 0 radical (unpaired) electrons. The zero-order valence-corrected chi connectivity index (χ0v) is 20.3. The molecule has 0 aromatic rings. The second-order valence-corrected chi connectivity index (χ2v) is 11.6. The van der Waals surface area contributed by atoms with Gasteiger partial charge in [0.25, 0.3) is 0 Å². The smallest absolute Gasteiger partial charge is 0.302 e. The molecule has 168 valence electrons. The van der Waals surface area contributed by atoms with Crippen LogP contribution in [0.4, 0.5) is 0 Å². The third-order valence-corrected chi connectivity index (χ3v) is 10.7. The fourth-order valence-corrected chi connectivity index (χ4v) is 9.24. The third-order valence-electron chi connectivity index (χ3n) is 9.88. The Morgan fingerprint density at radius 2 is 1.90 bits per heavy atom. The Kier molecular flexibility index (Phi) is 5.43. The molecular weight excluding hydrogens is 444 g/mol. The zero-order valence-electron chi connectivity index (χ0n) is 18.8. The van der Waals surface area contributed by atoms with Crippen LogP contribution in [-0.4, -0.2) is 36.4 Å². The molecule has 0 amide bonds. The molecule has 4 aliphatic carbocycles. The number of esters is 1. The van der Waals surface area contributed by atoms with Crippen LogP contribution in [0, 0.1) is 34.5 Å². The summed E-state index contributed by atoms with van der Waals surface area (Å²) in [5, 5.41) is 0.778. The molecule has 5 heteroatoms. The normalized spacial score (nSPS) is 47.1. The second-order valence-electron chi connectivity index (χ2n) is 11.1. The summed E-state index contributed by atoms with van der Waals surface area (Å²) >= 11 is 3.73. The van der Waals surface area contributed by atoms with Crippen molar-refractivity contribution < 1.29 is 19.0 Å². The molecule has 5 rings (SSSR count). The summed E-state index contributed by atoms with van der Waals surface area (Å²) in [5.41, 5.74) is 2.15. The van der Waals surface area contributed by atoms with E-state index in [0.717, 1.165) is 55.6 Å². The Hall–Kier alpha value is -0.390. The highest BCUT2D eigenvalue weighted by molar-refractivity contribution is 9.09. The summed E-state index contributed by atoms with van der Waals surface area (Å²) in [4.78, 5) is 11.5. The highest BCUT2D eigenvalue weighted by Crippen LogP contribution is 2.68. The highest BCUT2D eigenvalue weighted by atomic mass is 79.9. The van der Waals surface area contributed by atoms with Crippen LogP contribution in [0.3, 0.4) is 0 Å². The topological polar surface area (TPSA) is 44.8 Å². The summed E-state index contributed by atoms with van der Waals surface area (Å²) in [7, 11) is 0. The number of hydrogen-bond acceptors (Lipinski definition) is 4. The number of carbonyl (C=O) groups is 1. The van der Waals surface area contributed by atoms with Crippen LogP contribution in [0.25, 0.3) is 0 Å². The first-order valence-electron chi connectivity index (χ1n) is 12.0. The van der Waals surface area contributed by atoms with Gasteiger partial charge in [-0.1, -0.05) is 41.4 Å². The first-order chi connectivity index (χ1) is 14.3. The summed E-state index contributed by atoms with van der Waals surface area (Å²) in [6.07, 6.45) is 12.0. The molecule has 7 atom stereocenters. The maximum absolute atomic E-state index is 11.5. The van der Waals surface area contributed by atoms with E-state index < -0.39 is 5.79 Å². The largest absolute Gasteiger partial charge is 0.462 e. The summed E-state index contributed by atoms with van der Waals surface area (Å²) < 4.78 is 18.1. The van der Waals surface area contributed by atoms with Gasteiger partial charge < -0.3 is 14.2 Å². The van der Waals surface area contributed by atoms with Gasteiger partial charge >= 0.3 is 5.97 Å². The molecule has 0 aromatic carbocycles. The van der Waals surface area contributed by atoms with E-state index in [4.69, 9.17) is 14.2 Å². The monoisotopic (exact) mass is 480 g/mol. The lowest BCUT2D eigenvalue weighted by molar-refractivity contribution is -0.210. The first kappa shape index (κ1) is 21.5. The van der Waals surface area contributed by atoms with Gasteiger partial charge in [-0.25, -0.2) is 0 Å². The number of rotatable bonds is 3. The van der Waals surface area contributed by atoms with E-state index in [1.165, 1.54) is 39.0 Å². The molecule has 1 saturated heterocycles. The zero-order chi connectivity index (χ0) is 21.1. The van der Waals surface area contributed by atoms with Gasteiger partial charge in [0, 0.05) is 19.3 Å². The molecule has 5 aliphatic rings. The van der Waals surface area contributed by atoms with E-state index in [1.807, 2.05) is 0 Å². The lowest BCUT2D eigenvalue weighted by Crippen LogP contribution is -2.54.